The molecule has 9 aromatic rings. The van der Waals surface area contributed by atoms with Gasteiger partial charge < -0.3 is 4.90 Å². The van der Waals surface area contributed by atoms with Gasteiger partial charge >= 0.3 is 0 Å². The zero-order chi connectivity index (χ0) is 29.0. The molecule has 8 aromatic carbocycles. The van der Waals surface area contributed by atoms with E-state index in [2.05, 4.69) is 169 Å². The summed E-state index contributed by atoms with van der Waals surface area (Å²) in [7, 11) is 0. The van der Waals surface area contributed by atoms with Crippen molar-refractivity contribution < 1.29 is 0 Å². The number of para-hydroxylation sites is 1. The first-order valence-corrected chi connectivity index (χ1v) is 15.8. The SMILES string of the molecule is c1ccc(N(c2ccc(-c3cccc4ccc5c6ccccc6ccc5c34)cc2)c2ccc3sc4ccccc4c3c2)cc1. The van der Waals surface area contributed by atoms with E-state index in [-0.39, 0.29) is 0 Å². The van der Waals surface area contributed by atoms with Gasteiger partial charge in [0.2, 0.25) is 0 Å². The predicted molar refractivity (Wildman–Crippen MR) is 192 cm³/mol. The summed E-state index contributed by atoms with van der Waals surface area (Å²) in [5, 5.41) is 10.3. The summed E-state index contributed by atoms with van der Waals surface area (Å²) in [6.45, 7) is 0. The van der Waals surface area contributed by atoms with Gasteiger partial charge in [-0.1, -0.05) is 115 Å². The maximum atomic E-state index is 2.36. The predicted octanol–water partition coefficient (Wildman–Crippen LogP) is 12.7. The molecule has 0 fully saturated rings. The van der Waals surface area contributed by atoms with Crippen molar-refractivity contribution in [2.24, 2.45) is 0 Å². The monoisotopic (exact) mass is 577 g/mol. The molecule has 1 heterocycles. The van der Waals surface area contributed by atoms with Crippen LogP contribution in [0.3, 0.4) is 0 Å². The Morgan fingerprint density at radius 2 is 1.02 bits per heavy atom. The smallest absolute Gasteiger partial charge is 0.0468 e. The molecule has 9 rings (SSSR count). The van der Waals surface area contributed by atoms with Crippen molar-refractivity contribution in [3.05, 3.63) is 164 Å². The van der Waals surface area contributed by atoms with Crippen LogP contribution in [0.5, 0.6) is 0 Å². The Morgan fingerprint density at radius 3 is 1.91 bits per heavy atom. The summed E-state index contributed by atoms with van der Waals surface area (Å²) in [6, 6.07) is 59.7. The van der Waals surface area contributed by atoms with Gasteiger partial charge in [0.1, 0.15) is 0 Å². The molecular formula is C42H27NS. The topological polar surface area (TPSA) is 3.24 Å². The quantitative estimate of drug-likeness (QED) is 0.188. The number of thiophene rings is 1. The number of nitrogens with zero attached hydrogens (tertiary/aromatic N) is 1. The average Bonchev–Trinajstić information content (AvgIpc) is 3.47. The minimum absolute atomic E-state index is 1.13. The highest BCUT2D eigenvalue weighted by Crippen LogP contribution is 2.42. The van der Waals surface area contributed by atoms with Gasteiger partial charge in [-0.2, -0.15) is 0 Å². The number of fused-ring (bicyclic) bond motifs is 8. The van der Waals surface area contributed by atoms with Gasteiger partial charge in [-0.05, 0) is 92.0 Å². The second kappa shape index (κ2) is 10.1. The van der Waals surface area contributed by atoms with Crippen molar-refractivity contribution in [1.82, 2.24) is 0 Å². The molecule has 1 nitrogen and oxygen atoms in total. The molecule has 0 aliphatic carbocycles. The molecular weight excluding hydrogens is 551 g/mol. The van der Waals surface area contributed by atoms with Gasteiger partial charge in [-0.25, -0.2) is 0 Å². The Kier molecular flexibility index (Phi) is 5.75. The lowest BCUT2D eigenvalue weighted by Crippen LogP contribution is -2.09. The van der Waals surface area contributed by atoms with E-state index in [1.54, 1.807) is 0 Å². The second-order valence-electron chi connectivity index (χ2n) is 11.3. The van der Waals surface area contributed by atoms with Crippen LogP contribution in [0.15, 0.2) is 164 Å². The van der Waals surface area contributed by atoms with E-state index in [0.29, 0.717) is 0 Å². The standard InChI is InChI=1S/C42H27NS/c1-2-11-31(12-3-1)43(33-23-26-41-39(27-33)37-14-6-7-16-40(37)44-41)32-21-17-29(18-22-32)35-15-8-10-30-20-24-36-34-13-5-4-9-28(34)19-25-38(36)42(30)35/h1-27H. The molecule has 0 radical (unpaired) electrons. The minimum Gasteiger partial charge on any atom is -0.310 e. The molecule has 0 N–H and O–H groups in total. The highest BCUT2D eigenvalue weighted by Gasteiger charge is 2.16. The molecule has 0 saturated carbocycles. The molecule has 0 aliphatic rings. The first-order chi connectivity index (χ1) is 21.8. The molecule has 2 heteroatoms. The van der Waals surface area contributed by atoms with Crippen molar-refractivity contribution in [2.45, 2.75) is 0 Å². The van der Waals surface area contributed by atoms with E-state index in [0.717, 1.165) is 17.1 Å². The fourth-order valence-electron chi connectivity index (χ4n) is 6.78. The molecule has 44 heavy (non-hydrogen) atoms. The van der Waals surface area contributed by atoms with Crippen molar-refractivity contribution in [3.63, 3.8) is 0 Å². The molecule has 1 aromatic heterocycles. The molecule has 206 valence electrons. The van der Waals surface area contributed by atoms with Crippen LogP contribution in [-0.2, 0) is 0 Å². The van der Waals surface area contributed by atoms with Crippen LogP contribution in [0.1, 0.15) is 0 Å². The van der Waals surface area contributed by atoms with Gasteiger partial charge in [0.25, 0.3) is 0 Å². The number of rotatable bonds is 4. The van der Waals surface area contributed by atoms with E-state index in [1.807, 2.05) is 11.3 Å². The minimum atomic E-state index is 1.13. The van der Waals surface area contributed by atoms with E-state index in [9.17, 15) is 0 Å². The number of hydrogen-bond donors (Lipinski definition) is 0. The van der Waals surface area contributed by atoms with Crippen LogP contribution in [0.4, 0.5) is 17.1 Å². The maximum absolute atomic E-state index is 2.36. The lowest BCUT2D eigenvalue weighted by Gasteiger charge is -2.26. The molecule has 0 bridgehead atoms. The molecule has 0 amide bonds. The summed E-state index contributed by atoms with van der Waals surface area (Å²) in [5.41, 5.74) is 5.90. The summed E-state index contributed by atoms with van der Waals surface area (Å²) in [5.74, 6) is 0. The Labute approximate surface area is 259 Å². The zero-order valence-corrected chi connectivity index (χ0v) is 24.8. The van der Waals surface area contributed by atoms with E-state index in [4.69, 9.17) is 0 Å². The largest absolute Gasteiger partial charge is 0.310 e. The van der Waals surface area contributed by atoms with Crippen LogP contribution in [-0.4, -0.2) is 0 Å². The molecule has 0 saturated heterocycles. The Morgan fingerprint density at radius 1 is 0.364 bits per heavy atom. The Balaban J connectivity index is 1.20. The van der Waals surface area contributed by atoms with Crippen molar-refractivity contribution in [3.8, 4) is 11.1 Å². The number of hydrogen-bond acceptors (Lipinski definition) is 2. The number of anilines is 3. The molecule has 0 unspecified atom stereocenters. The molecule has 0 atom stereocenters. The average molecular weight is 578 g/mol. The highest BCUT2D eigenvalue weighted by atomic mass is 32.1. The van der Waals surface area contributed by atoms with Crippen LogP contribution in [0, 0.1) is 0 Å². The summed E-state index contributed by atoms with van der Waals surface area (Å²) < 4.78 is 2.64. The van der Waals surface area contributed by atoms with E-state index < -0.39 is 0 Å². The fourth-order valence-corrected chi connectivity index (χ4v) is 7.87. The van der Waals surface area contributed by atoms with E-state index >= 15 is 0 Å². The maximum Gasteiger partial charge on any atom is 0.0468 e. The number of benzene rings is 8. The van der Waals surface area contributed by atoms with Gasteiger partial charge in [-0.3, -0.25) is 0 Å². The first-order valence-electron chi connectivity index (χ1n) is 15.0. The van der Waals surface area contributed by atoms with Gasteiger partial charge in [0, 0.05) is 37.2 Å². The van der Waals surface area contributed by atoms with Crippen molar-refractivity contribution in [2.75, 3.05) is 4.90 Å². The van der Waals surface area contributed by atoms with E-state index in [1.165, 1.54) is 63.6 Å². The third-order valence-corrected chi connectivity index (χ3v) is 9.99. The highest BCUT2D eigenvalue weighted by molar-refractivity contribution is 7.25. The van der Waals surface area contributed by atoms with Crippen LogP contribution < -0.4 is 4.90 Å². The lowest BCUT2D eigenvalue weighted by atomic mass is 9.91. The van der Waals surface area contributed by atoms with Gasteiger partial charge in [0.05, 0.1) is 0 Å². The fraction of sp³-hybridized carbons (Fsp3) is 0. The van der Waals surface area contributed by atoms with Crippen molar-refractivity contribution >= 4 is 80.9 Å². The first kappa shape index (κ1) is 25.1. The second-order valence-corrected chi connectivity index (χ2v) is 12.4. The third-order valence-electron chi connectivity index (χ3n) is 8.84. The summed E-state index contributed by atoms with van der Waals surface area (Å²) in [6.07, 6.45) is 0. The van der Waals surface area contributed by atoms with Gasteiger partial charge in [-0.15, -0.1) is 11.3 Å². The van der Waals surface area contributed by atoms with Gasteiger partial charge in [0.15, 0.2) is 0 Å². The zero-order valence-electron chi connectivity index (χ0n) is 23.9. The molecule has 0 spiro atoms. The van der Waals surface area contributed by atoms with Crippen LogP contribution in [0.2, 0.25) is 0 Å². The van der Waals surface area contributed by atoms with Crippen molar-refractivity contribution in [1.29, 1.82) is 0 Å². The van der Waals surface area contributed by atoms with Crippen LogP contribution in [0.25, 0.3) is 63.6 Å². The molecule has 0 aliphatic heterocycles. The van der Waals surface area contributed by atoms with Crippen LogP contribution >= 0.6 is 11.3 Å². The normalized spacial score (nSPS) is 11.6. The Hall–Kier alpha value is -5.44. The summed E-state index contributed by atoms with van der Waals surface area (Å²) in [4.78, 5) is 2.36. The lowest BCUT2D eigenvalue weighted by molar-refractivity contribution is 1.29. The summed E-state index contributed by atoms with van der Waals surface area (Å²) >= 11 is 1.86. The Bertz CT molecular complexity index is 2490. The third kappa shape index (κ3) is 4.00.